The van der Waals surface area contributed by atoms with Crippen molar-refractivity contribution in [3.63, 3.8) is 0 Å². The molecule has 2 aromatic rings. The minimum Gasteiger partial charge on any atom is -0.495 e. The van der Waals surface area contributed by atoms with Crippen LogP contribution in [-0.4, -0.2) is 19.6 Å². The van der Waals surface area contributed by atoms with E-state index in [9.17, 15) is 4.79 Å². The van der Waals surface area contributed by atoms with Crippen LogP contribution in [0.1, 0.15) is 31.7 Å². The molecule has 0 saturated heterocycles. The van der Waals surface area contributed by atoms with E-state index in [4.69, 9.17) is 9.47 Å². The minimum absolute atomic E-state index is 0.0409. The van der Waals surface area contributed by atoms with Gasteiger partial charge >= 0.3 is 0 Å². The first kappa shape index (κ1) is 16.9. The predicted octanol–water partition coefficient (Wildman–Crippen LogP) is 4.23. The summed E-state index contributed by atoms with van der Waals surface area (Å²) < 4.78 is 10.7. The van der Waals surface area contributed by atoms with Gasteiger partial charge < -0.3 is 14.8 Å². The lowest BCUT2D eigenvalue weighted by molar-refractivity contribution is -0.118. The van der Waals surface area contributed by atoms with E-state index in [0.29, 0.717) is 23.1 Å². The van der Waals surface area contributed by atoms with E-state index in [1.165, 1.54) is 5.56 Å². The van der Waals surface area contributed by atoms with Crippen molar-refractivity contribution in [2.45, 2.75) is 26.2 Å². The largest absolute Gasteiger partial charge is 0.495 e. The second kappa shape index (κ2) is 8.22. The molecule has 0 bridgehead atoms. The van der Waals surface area contributed by atoms with Gasteiger partial charge in [0.25, 0.3) is 5.91 Å². The summed E-state index contributed by atoms with van der Waals surface area (Å²) in [5, 5.41) is 2.78. The first-order valence-electron chi connectivity index (χ1n) is 7.79. The Kier molecular flexibility index (Phi) is 6.03. The fourth-order valence-corrected chi connectivity index (χ4v) is 2.21. The summed E-state index contributed by atoms with van der Waals surface area (Å²) in [5.74, 6) is 1.62. The highest BCUT2D eigenvalue weighted by atomic mass is 16.5. The van der Waals surface area contributed by atoms with Crippen LogP contribution in [0.4, 0.5) is 5.69 Å². The molecule has 4 nitrogen and oxygen atoms in total. The molecule has 0 fully saturated rings. The third-order valence-electron chi connectivity index (χ3n) is 3.81. The molecule has 2 aromatic carbocycles. The van der Waals surface area contributed by atoms with E-state index in [1.807, 2.05) is 36.4 Å². The topological polar surface area (TPSA) is 47.6 Å². The van der Waals surface area contributed by atoms with Gasteiger partial charge in [0.1, 0.15) is 11.5 Å². The summed E-state index contributed by atoms with van der Waals surface area (Å²) in [5.41, 5.74) is 1.91. The van der Waals surface area contributed by atoms with Crippen molar-refractivity contribution in [2.75, 3.05) is 19.0 Å². The zero-order valence-corrected chi connectivity index (χ0v) is 13.8. The van der Waals surface area contributed by atoms with E-state index < -0.39 is 0 Å². The van der Waals surface area contributed by atoms with Gasteiger partial charge in [0.05, 0.1) is 12.8 Å². The van der Waals surface area contributed by atoms with E-state index >= 15 is 0 Å². The van der Waals surface area contributed by atoms with Gasteiger partial charge in [-0.05, 0) is 42.2 Å². The van der Waals surface area contributed by atoms with Crippen LogP contribution in [-0.2, 0) is 4.79 Å². The van der Waals surface area contributed by atoms with Gasteiger partial charge in [-0.15, -0.1) is 0 Å². The smallest absolute Gasteiger partial charge is 0.262 e. The Balaban J connectivity index is 1.89. The highest BCUT2D eigenvalue weighted by Crippen LogP contribution is 2.23. The van der Waals surface area contributed by atoms with Crippen molar-refractivity contribution in [1.82, 2.24) is 0 Å². The van der Waals surface area contributed by atoms with Crippen LogP contribution in [0.5, 0.6) is 11.5 Å². The van der Waals surface area contributed by atoms with Crippen molar-refractivity contribution in [1.29, 1.82) is 0 Å². The number of amides is 1. The van der Waals surface area contributed by atoms with Crippen LogP contribution >= 0.6 is 0 Å². The second-order valence-electron chi connectivity index (χ2n) is 5.42. The molecule has 1 atom stereocenters. The molecule has 0 spiro atoms. The Hall–Kier alpha value is -2.49. The summed E-state index contributed by atoms with van der Waals surface area (Å²) in [6.45, 7) is 4.31. The summed E-state index contributed by atoms with van der Waals surface area (Å²) >= 11 is 0. The molecule has 122 valence electrons. The number of hydrogen-bond acceptors (Lipinski definition) is 3. The van der Waals surface area contributed by atoms with Gasteiger partial charge in [0, 0.05) is 0 Å². The SMILES string of the molecule is CCC(C)c1ccc(OCC(=O)Nc2ccccc2OC)cc1. The molecule has 0 aliphatic carbocycles. The molecular formula is C19H23NO3. The number of carbonyl (C=O) groups is 1. The van der Waals surface area contributed by atoms with Gasteiger partial charge in [0.2, 0.25) is 0 Å². The Morgan fingerprint density at radius 3 is 2.48 bits per heavy atom. The van der Waals surface area contributed by atoms with Crippen molar-refractivity contribution in [2.24, 2.45) is 0 Å². The number of benzene rings is 2. The molecule has 0 aliphatic rings. The number of ether oxygens (including phenoxy) is 2. The van der Waals surface area contributed by atoms with Crippen molar-refractivity contribution in [3.8, 4) is 11.5 Å². The van der Waals surface area contributed by atoms with Crippen molar-refractivity contribution >= 4 is 11.6 Å². The fourth-order valence-electron chi connectivity index (χ4n) is 2.21. The fraction of sp³-hybridized carbons (Fsp3) is 0.316. The normalized spacial score (nSPS) is 11.6. The number of anilines is 1. The Bertz CT molecular complexity index is 637. The predicted molar refractivity (Wildman–Crippen MR) is 92.3 cm³/mol. The van der Waals surface area contributed by atoms with Gasteiger partial charge in [-0.1, -0.05) is 38.1 Å². The van der Waals surface area contributed by atoms with Gasteiger partial charge in [0.15, 0.2) is 6.61 Å². The lowest BCUT2D eigenvalue weighted by Crippen LogP contribution is -2.20. The zero-order valence-electron chi connectivity index (χ0n) is 13.8. The summed E-state index contributed by atoms with van der Waals surface area (Å²) in [6, 6.07) is 15.2. The monoisotopic (exact) mass is 313 g/mol. The first-order valence-corrected chi connectivity index (χ1v) is 7.79. The van der Waals surface area contributed by atoms with Crippen LogP contribution in [0.25, 0.3) is 0 Å². The Morgan fingerprint density at radius 1 is 1.13 bits per heavy atom. The third-order valence-corrected chi connectivity index (χ3v) is 3.81. The quantitative estimate of drug-likeness (QED) is 0.832. The highest BCUT2D eigenvalue weighted by molar-refractivity contribution is 5.93. The van der Waals surface area contributed by atoms with Gasteiger partial charge in [-0.3, -0.25) is 4.79 Å². The number of rotatable bonds is 7. The minimum atomic E-state index is -0.222. The van der Waals surface area contributed by atoms with Crippen molar-refractivity contribution in [3.05, 3.63) is 54.1 Å². The Morgan fingerprint density at radius 2 is 1.83 bits per heavy atom. The summed E-state index contributed by atoms with van der Waals surface area (Å²) in [7, 11) is 1.57. The molecule has 1 N–H and O–H groups in total. The average Bonchev–Trinajstić information content (AvgIpc) is 2.60. The van der Waals surface area contributed by atoms with E-state index in [1.54, 1.807) is 19.2 Å². The molecule has 0 aromatic heterocycles. The molecule has 0 saturated carbocycles. The number of carbonyl (C=O) groups excluding carboxylic acids is 1. The van der Waals surface area contributed by atoms with E-state index in [2.05, 4.69) is 19.2 Å². The van der Waals surface area contributed by atoms with Crippen LogP contribution in [0.3, 0.4) is 0 Å². The number of methoxy groups -OCH3 is 1. The van der Waals surface area contributed by atoms with Gasteiger partial charge in [-0.25, -0.2) is 0 Å². The number of hydrogen-bond donors (Lipinski definition) is 1. The van der Waals surface area contributed by atoms with E-state index in [0.717, 1.165) is 6.42 Å². The first-order chi connectivity index (χ1) is 11.1. The maximum absolute atomic E-state index is 12.0. The van der Waals surface area contributed by atoms with E-state index in [-0.39, 0.29) is 12.5 Å². The molecule has 2 rings (SSSR count). The lowest BCUT2D eigenvalue weighted by atomic mass is 9.99. The van der Waals surface area contributed by atoms with Gasteiger partial charge in [-0.2, -0.15) is 0 Å². The molecule has 1 unspecified atom stereocenters. The lowest BCUT2D eigenvalue weighted by Gasteiger charge is -2.12. The standard InChI is InChI=1S/C19H23NO3/c1-4-14(2)15-9-11-16(12-10-15)23-13-19(21)20-17-7-5-6-8-18(17)22-3/h5-12,14H,4,13H2,1-3H3,(H,20,21). The molecule has 0 radical (unpaired) electrons. The summed E-state index contributed by atoms with van der Waals surface area (Å²) in [6.07, 6.45) is 1.10. The van der Waals surface area contributed by atoms with Crippen LogP contribution in [0, 0.1) is 0 Å². The van der Waals surface area contributed by atoms with Crippen molar-refractivity contribution < 1.29 is 14.3 Å². The number of para-hydroxylation sites is 2. The van der Waals surface area contributed by atoms with Crippen LogP contribution < -0.4 is 14.8 Å². The third kappa shape index (κ3) is 4.74. The Labute approximate surface area is 137 Å². The summed E-state index contributed by atoms with van der Waals surface area (Å²) in [4.78, 5) is 12.0. The molecule has 0 aliphatic heterocycles. The second-order valence-corrected chi connectivity index (χ2v) is 5.42. The maximum Gasteiger partial charge on any atom is 0.262 e. The molecule has 1 amide bonds. The maximum atomic E-state index is 12.0. The molecule has 0 heterocycles. The molecule has 4 heteroatoms. The van der Waals surface area contributed by atoms with Crippen LogP contribution in [0.15, 0.2) is 48.5 Å². The van der Waals surface area contributed by atoms with Crippen LogP contribution in [0.2, 0.25) is 0 Å². The number of nitrogens with one attached hydrogen (secondary N) is 1. The highest BCUT2D eigenvalue weighted by Gasteiger charge is 2.08. The molecular weight excluding hydrogens is 290 g/mol. The zero-order chi connectivity index (χ0) is 16.7. The molecule has 23 heavy (non-hydrogen) atoms. The average molecular weight is 313 g/mol.